The molecule has 1 saturated heterocycles. The molecule has 0 aromatic heterocycles. The third kappa shape index (κ3) is 2.51. The smallest absolute Gasteiger partial charge is 0.328 e. The Morgan fingerprint density at radius 3 is 2.20 bits per heavy atom. The zero-order valence-corrected chi connectivity index (χ0v) is 16.4. The molecule has 1 fully saturated rings. The van der Waals surface area contributed by atoms with Crippen molar-refractivity contribution in [1.29, 1.82) is 0 Å². The topological polar surface area (TPSA) is 84.0 Å². The van der Waals surface area contributed by atoms with E-state index in [0.29, 0.717) is 24.0 Å². The Kier molecular flexibility index (Phi) is 4.20. The first-order chi connectivity index (χ1) is 14.5. The van der Waals surface area contributed by atoms with Gasteiger partial charge in [0.1, 0.15) is 12.1 Å². The third-order valence-electron chi connectivity index (χ3n) is 6.36. The fourth-order valence-electron chi connectivity index (χ4n) is 5.00. The van der Waals surface area contributed by atoms with Crippen LogP contribution in [0.15, 0.2) is 48.5 Å². The number of benzene rings is 2. The number of carbonyl (C=O) groups is 4. The van der Waals surface area contributed by atoms with Gasteiger partial charge in [-0.05, 0) is 36.1 Å². The van der Waals surface area contributed by atoms with Gasteiger partial charge in [0, 0.05) is 6.42 Å². The van der Waals surface area contributed by atoms with E-state index < -0.39 is 35.8 Å². The van der Waals surface area contributed by atoms with Crippen molar-refractivity contribution in [3.8, 4) is 0 Å². The Hall–Kier alpha value is -3.48. The summed E-state index contributed by atoms with van der Waals surface area (Å²) in [5, 5.41) is 0. The molecular formula is C23H20N2O5. The molecule has 3 heterocycles. The Morgan fingerprint density at radius 1 is 0.900 bits per heavy atom. The summed E-state index contributed by atoms with van der Waals surface area (Å²) in [4.78, 5) is 54.9. The molecule has 0 radical (unpaired) electrons. The average molecular weight is 404 g/mol. The summed E-state index contributed by atoms with van der Waals surface area (Å²) in [7, 11) is 1.30. The lowest BCUT2D eigenvalue weighted by Gasteiger charge is -2.32. The fourth-order valence-corrected chi connectivity index (χ4v) is 5.00. The number of amides is 3. The Labute approximate surface area is 173 Å². The molecule has 0 aliphatic carbocycles. The number of carbonyl (C=O) groups excluding carboxylic acids is 4. The van der Waals surface area contributed by atoms with E-state index in [1.54, 1.807) is 24.3 Å². The summed E-state index contributed by atoms with van der Waals surface area (Å²) in [5.74, 6) is -1.82. The number of nitrogens with zero attached hydrogens (tertiary/aromatic N) is 2. The number of esters is 1. The van der Waals surface area contributed by atoms with Crippen LogP contribution in [-0.4, -0.2) is 52.7 Å². The van der Waals surface area contributed by atoms with Gasteiger partial charge in [-0.25, -0.2) is 4.79 Å². The van der Waals surface area contributed by atoms with E-state index in [0.717, 1.165) is 16.0 Å². The van der Waals surface area contributed by atoms with E-state index >= 15 is 0 Å². The number of imide groups is 1. The summed E-state index contributed by atoms with van der Waals surface area (Å²) in [6.45, 7) is 0. The summed E-state index contributed by atoms with van der Waals surface area (Å²) >= 11 is 0. The van der Waals surface area contributed by atoms with Gasteiger partial charge < -0.3 is 9.64 Å². The molecule has 0 bridgehead atoms. The summed E-state index contributed by atoms with van der Waals surface area (Å²) < 4.78 is 4.93. The van der Waals surface area contributed by atoms with Crippen molar-refractivity contribution in [2.45, 2.75) is 37.4 Å². The van der Waals surface area contributed by atoms with Crippen molar-refractivity contribution >= 4 is 23.7 Å². The van der Waals surface area contributed by atoms with Gasteiger partial charge in [0.25, 0.3) is 11.8 Å². The summed E-state index contributed by atoms with van der Waals surface area (Å²) in [5.41, 5.74) is 2.47. The predicted molar refractivity (Wildman–Crippen MR) is 106 cm³/mol. The van der Waals surface area contributed by atoms with Crippen LogP contribution in [0.25, 0.3) is 0 Å². The number of hydrogen-bond donors (Lipinski definition) is 0. The van der Waals surface area contributed by atoms with Gasteiger partial charge in [0.05, 0.1) is 24.3 Å². The number of ether oxygens (including phenoxy) is 1. The highest BCUT2D eigenvalue weighted by Gasteiger charge is 2.51. The first-order valence-electron chi connectivity index (χ1n) is 9.97. The van der Waals surface area contributed by atoms with E-state index in [2.05, 4.69) is 0 Å². The molecule has 30 heavy (non-hydrogen) atoms. The van der Waals surface area contributed by atoms with Crippen molar-refractivity contribution in [2.24, 2.45) is 0 Å². The molecule has 3 aliphatic heterocycles. The maximum atomic E-state index is 13.7. The van der Waals surface area contributed by atoms with Gasteiger partial charge in [-0.1, -0.05) is 36.4 Å². The standard InChI is InChI=1S/C23H20N2O5/c1-30-23(29)18-11-10-17-14-7-3-2-6-13(14)12-19(22(28)24(17)18)25-20(26)15-8-4-5-9-16(15)21(25)27/h2-9,17-19H,10-12H2,1H3/t17-,18+,19+/m1/s1. The van der Waals surface area contributed by atoms with Crippen LogP contribution < -0.4 is 0 Å². The van der Waals surface area contributed by atoms with E-state index in [1.807, 2.05) is 24.3 Å². The van der Waals surface area contributed by atoms with Crippen molar-refractivity contribution in [2.75, 3.05) is 7.11 Å². The minimum Gasteiger partial charge on any atom is -0.467 e. The fraction of sp³-hybridized carbons (Fsp3) is 0.304. The molecule has 7 heteroatoms. The SMILES string of the molecule is COC(=O)[C@@H]1CC[C@@H]2c3ccccc3C[C@H](N3C(=O)c4ccccc4C3=O)C(=O)N21. The third-order valence-corrected chi connectivity index (χ3v) is 6.36. The Morgan fingerprint density at radius 2 is 1.53 bits per heavy atom. The van der Waals surface area contributed by atoms with Crippen LogP contribution in [0.5, 0.6) is 0 Å². The van der Waals surface area contributed by atoms with Crippen LogP contribution in [0.2, 0.25) is 0 Å². The van der Waals surface area contributed by atoms with Crippen molar-refractivity contribution in [3.05, 3.63) is 70.8 Å². The van der Waals surface area contributed by atoms with Gasteiger partial charge in [0.2, 0.25) is 5.91 Å². The van der Waals surface area contributed by atoms with Crippen LogP contribution in [0.3, 0.4) is 0 Å². The molecular weight excluding hydrogens is 384 g/mol. The lowest BCUT2D eigenvalue weighted by molar-refractivity contribution is -0.153. The largest absolute Gasteiger partial charge is 0.467 e. The van der Waals surface area contributed by atoms with Gasteiger partial charge in [-0.3, -0.25) is 19.3 Å². The second-order valence-corrected chi connectivity index (χ2v) is 7.82. The first-order valence-corrected chi connectivity index (χ1v) is 9.97. The quantitative estimate of drug-likeness (QED) is 0.566. The minimum absolute atomic E-state index is 0.224. The van der Waals surface area contributed by atoms with Crippen molar-refractivity contribution < 1.29 is 23.9 Å². The monoisotopic (exact) mass is 404 g/mol. The molecule has 0 spiro atoms. The predicted octanol–water partition coefficient (Wildman–Crippen LogP) is 2.11. The molecule has 0 unspecified atom stereocenters. The normalized spacial score (nSPS) is 25.0. The molecule has 2 aromatic carbocycles. The second-order valence-electron chi connectivity index (χ2n) is 7.82. The highest BCUT2D eigenvalue weighted by molar-refractivity contribution is 6.23. The first kappa shape index (κ1) is 18.5. The number of hydrogen-bond acceptors (Lipinski definition) is 5. The van der Waals surface area contributed by atoms with Gasteiger partial charge >= 0.3 is 5.97 Å². The van der Waals surface area contributed by atoms with Crippen molar-refractivity contribution in [3.63, 3.8) is 0 Å². The lowest BCUT2D eigenvalue weighted by Crippen LogP contribution is -2.53. The molecule has 3 aliphatic rings. The number of methoxy groups -OCH3 is 1. The minimum atomic E-state index is -1.01. The Bertz CT molecular complexity index is 1060. The van der Waals surface area contributed by atoms with Crippen LogP contribution >= 0.6 is 0 Å². The highest BCUT2D eigenvalue weighted by Crippen LogP contribution is 2.42. The Balaban J connectivity index is 1.62. The van der Waals surface area contributed by atoms with Gasteiger partial charge in [0.15, 0.2) is 0 Å². The molecule has 0 N–H and O–H groups in total. The molecule has 2 aromatic rings. The van der Waals surface area contributed by atoms with E-state index in [4.69, 9.17) is 4.74 Å². The van der Waals surface area contributed by atoms with E-state index in [9.17, 15) is 19.2 Å². The second kappa shape index (κ2) is 6.79. The van der Waals surface area contributed by atoms with E-state index in [-0.39, 0.29) is 12.5 Å². The van der Waals surface area contributed by atoms with E-state index in [1.165, 1.54) is 12.0 Å². The van der Waals surface area contributed by atoms with Crippen LogP contribution in [-0.2, 0) is 20.7 Å². The van der Waals surface area contributed by atoms with Crippen LogP contribution in [0.1, 0.15) is 50.7 Å². The number of fused-ring (bicyclic) bond motifs is 4. The summed E-state index contributed by atoms with van der Waals surface area (Å²) in [6.07, 6.45) is 1.32. The maximum absolute atomic E-state index is 13.7. The number of rotatable bonds is 2. The van der Waals surface area contributed by atoms with Crippen LogP contribution in [0, 0.1) is 0 Å². The molecule has 152 valence electrons. The van der Waals surface area contributed by atoms with Crippen LogP contribution in [0.4, 0.5) is 0 Å². The zero-order valence-electron chi connectivity index (χ0n) is 16.4. The lowest BCUT2D eigenvalue weighted by atomic mass is 9.96. The molecule has 3 atom stereocenters. The molecule has 3 amide bonds. The molecule has 7 nitrogen and oxygen atoms in total. The maximum Gasteiger partial charge on any atom is 0.328 e. The highest BCUT2D eigenvalue weighted by atomic mass is 16.5. The summed E-state index contributed by atoms with van der Waals surface area (Å²) in [6, 6.07) is 12.2. The van der Waals surface area contributed by atoms with Crippen molar-refractivity contribution in [1.82, 2.24) is 9.80 Å². The molecule has 5 rings (SSSR count). The molecule has 0 saturated carbocycles. The average Bonchev–Trinajstić information content (AvgIpc) is 3.28. The zero-order chi connectivity index (χ0) is 21.0. The van der Waals surface area contributed by atoms with Gasteiger partial charge in [-0.15, -0.1) is 0 Å². The van der Waals surface area contributed by atoms with Gasteiger partial charge in [-0.2, -0.15) is 0 Å².